The number of aromatic amines is 1. The van der Waals surface area contributed by atoms with Crippen molar-refractivity contribution in [3.63, 3.8) is 0 Å². The Hall–Kier alpha value is -2.32. The third-order valence-electron chi connectivity index (χ3n) is 3.33. The first-order valence-corrected chi connectivity index (χ1v) is 7.55. The number of nitrogens with zero attached hydrogens (tertiary/aromatic N) is 5. The highest BCUT2D eigenvalue weighted by Crippen LogP contribution is 2.23. The van der Waals surface area contributed by atoms with Crippen molar-refractivity contribution in [1.29, 1.82) is 0 Å². The van der Waals surface area contributed by atoms with E-state index in [1.807, 2.05) is 6.07 Å². The van der Waals surface area contributed by atoms with Gasteiger partial charge in [-0.05, 0) is 18.1 Å². The number of H-pyrrole nitrogens is 1. The zero-order valence-electron chi connectivity index (χ0n) is 12.7. The molecule has 0 radical (unpaired) electrons. The molecule has 23 heavy (non-hydrogen) atoms. The van der Waals surface area contributed by atoms with Gasteiger partial charge in [0, 0.05) is 12.7 Å². The predicted molar refractivity (Wildman–Crippen MR) is 83.3 cm³/mol. The molecule has 3 heterocycles. The number of hydrogen-bond donors (Lipinski definition) is 2. The average Bonchev–Trinajstić information content (AvgIpc) is 3.19. The number of pyridine rings is 1. The minimum absolute atomic E-state index is 0.128. The van der Waals surface area contributed by atoms with Gasteiger partial charge in [-0.3, -0.25) is 15.4 Å². The van der Waals surface area contributed by atoms with Crippen LogP contribution in [0.1, 0.15) is 31.5 Å². The van der Waals surface area contributed by atoms with Gasteiger partial charge in [0.25, 0.3) is 0 Å². The lowest BCUT2D eigenvalue weighted by molar-refractivity contribution is 0.287. The lowest BCUT2D eigenvalue weighted by Crippen LogP contribution is -2.26. The van der Waals surface area contributed by atoms with Crippen LogP contribution in [0.3, 0.4) is 0 Å². The fraction of sp³-hybridized carbons (Fsp3) is 0.357. The second-order valence-corrected chi connectivity index (χ2v) is 5.73. The Labute approximate surface area is 137 Å². The first-order chi connectivity index (χ1) is 11.1. The number of nitrogens with one attached hydrogen (secondary N) is 2. The number of hydrogen-bond acceptors (Lipinski definition) is 7. The van der Waals surface area contributed by atoms with Crippen LogP contribution >= 0.6 is 11.6 Å². The highest BCUT2D eigenvalue weighted by atomic mass is 35.5. The topological polar surface area (TPSA) is 105 Å². The molecule has 2 N–H and O–H groups in total. The fourth-order valence-corrected chi connectivity index (χ4v) is 2.32. The third kappa shape index (κ3) is 3.54. The Balaban J connectivity index is 1.76. The summed E-state index contributed by atoms with van der Waals surface area (Å²) in [6.45, 7) is 4.63. The van der Waals surface area contributed by atoms with E-state index in [9.17, 15) is 0 Å². The number of halogens is 1. The van der Waals surface area contributed by atoms with Crippen LogP contribution in [0, 0.1) is 5.92 Å². The zero-order valence-corrected chi connectivity index (χ0v) is 13.4. The van der Waals surface area contributed by atoms with Crippen LogP contribution in [-0.4, -0.2) is 30.3 Å². The van der Waals surface area contributed by atoms with Crippen LogP contribution in [-0.2, 0) is 6.54 Å². The molecule has 0 spiro atoms. The molecule has 3 aromatic heterocycles. The van der Waals surface area contributed by atoms with Gasteiger partial charge < -0.3 is 4.52 Å². The Kier molecular flexibility index (Phi) is 4.63. The largest absolute Gasteiger partial charge is 0.337 e. The normalized spacial score (nSPS) is 12.7. The fourth-order valence-electron chi connectivity index (χ4n) is 2.13. The Bertz CT molecular complexity index is 756. The maximum atomic E-state index is 6.13. The van der Waals surface area contributed by atoms with Gasteiger partial charge >= 0.3 is 0 Å². The van der Waals surface area contributed by atoms with Gasteiger partial charge in [0.15, 0.2) is 5.82 Å². The predicted octanol–water partition coefficient (Wildman–Crippen LogP) is 2.39. The van der Waals surface area contributed by atoms with Crippen molar-refractivity contribution in [3.8, 4) is 11.6 Å². The highest BCUT2D eigenvalue weighted by Gasteiger charge is 2.23. The minimum Gasteiger partial charge on any atom is -0.337 e. The molecule has 0 aliphatic carbocycles. The van der Waals surface area contributed by atoms with Crippen molar-refractivity contribution in [1.82, 2.24) is 35.6 Å². The van der Waals surface area contributed by atoms with E-state index in [2.05, 4.69) is 49.5 Å². The van der Waals surface area contributed by atoms with Crippen molar-refractivity contribution >= 4 is 11.6 Å². The van der Waals surface area contributed by atoms with Crippen LogP contribution in [0.15, 0.2) is 29.2 Å². The molecule has 0 amide bonds. The van der Waals surface area contributed by atoms with Gasteiger partial charge in [-0.1, -0.05) is 30.6 Å². The van der Waals surface area contributed by atoms with E-state index in [0.29, 0.717) is 29.1 Å². The summed E-state index contributed by atoms with van der Waals surface area (Å²) in [5.74, 6) is 1.56. The molecular weight excluding hydrogens is 318 g/mol. The summed E-state index contributed by atoms with van der Waals surface area (Å²) in [6, 6.07) is 3.48. The molecule has 3 aromatic rings. The van der Waals surface area contributed by atoms with E-state index in [0.717, 1.165) is 5.69 Å². The maximum absolute atomic E-state index is 6.13. The van der Waals surface area contributed by atoms with Gasteiger partial charge in [0.05, 0.1) is 16.8 Å². The van der Waals surface area contributed by atoms with Crippen LogP contribution in [0.2, 0.25) is 5.02 Å². The molecule has 1 unspecified atom stereocenters. The van der Waals surface area contributed by atoms with Crippen molar-refractivity contribution in [3.05, 3.63) is 41.3 Å². The Morgan fingerprint density at radius 3 is 2.91 bits per heavy atom. The van der Waals surface area contributed by atoms with Gasteiger partial charge in [0.2, 0.25) is 11.7 Å². The number of rotatable bonds is 6. The van der Waals surface area contributed by atoms with Crippen LogP contribution < -0.4 is 5.32 Å². The smallest absolute Gasteiger partial charge is 0.244 e. The minimum atomic E-state index is -0.128. The van der Waals surface area contributed by atoms with E-state index in [4.69, 9.17) is 16.1 Å². The highest BCUT2D eigenvalue weighted by molar-refractivity contribution is 6.31. The molecule has 0 fully saturated rings. The van der Waals surface area contributed by atoms with Crippen molar-refractivity contribution < 1.29 is 4.52 Å². The molecular formula is C14H16ClN7O. The molecule has 0 saturated heterocycles. The molecule has 0 aromatic carbocycles. The third-order valence-corrected chi connectivity index (χ3v) is 3.67. The molecule has 0 aliphatic heterocycles. The quantitative estimate of drug-likeness (QED) is 0.713. The summed E-state index contributed by atoms with van der Waals surface area (Å²) in [4.78, 5) is 12.7. The van der Waals surface area contributed by atoms with E-state index in [1.165, 1.54) is 6.33 Å². The standard InChI is InChI=1S/C14H16ClN7O/c1-8(2)11(17-6-10-9(15)4-3-5-16-10)14-20-13(22-23-14)12-18-7-19-21-12/h3-5,7-8,11,17H,6H2,1-2H3,(H,18,19,21). The van der Waals surface area contributed by atoms with Crippen molar-refractivity contribution in [2.45, 2.75) is 26.4 Å². The van der Waals surface area contributed by atoms with Crippen LogP contribution in [0.5, 0.6) is 0 Å². The van der Waals surface area contributed by atoms with Crippen LogP contribution in [0.25, 0.3) is 11.6 Å². The van der Waals surface area contributed by atoms with Crippen molar-refractivity contribution in [2.24, 2.45) is 5.92 Å². The molecule has 0 bridgehead atoms. The SMILES string of the molecule is CC(C)C(NCc1ncccc1Cl)c1nc(-c2ncn[nH]2)no1. The summed E-state index contributed by atoms with van der Waals surface area (Å²) in [5.41, 5.74) is 0.773. The van der Waals surface area contributed by atoms with E-state index in [-0.39, 0.29) is 12.0 Å². The molecule has 9 heteroatoms. The Morgan fingerprint density at radius 1 is 1.35 bits per heavy atom. The number of aromatic nitrogens is 6. The summed E-state index contributed by atoms with van der Waals surface area (Å²) in [5, 5.41) is 14.4. The average molecular weight is 334 g/mol. The van der Waals surface area contributed by atoms with Gasteiger partial charge in [-0.25, -0.2) is 4.98 Å². The van der Waals surface area contributed by atoms with E-state index >= 15 is 0 Å². The summed E-state index contributed by atoms with van der Waals surface area (Å²) in [6.07, 6.45) is 3.11. The molecule has 8 nitrogen and oxygen atoms in total. The molecule has 0 saturated carbocycles. The summed E-state index contributed by atoms with van der Waals surface area (Å²) >= 11 is 6.13. The first-order valence-electron chi connectivity index (χ1n) is 7.17. The van der Waals surface area contributed by atoms with Gasteiger partial charge in [-0.2, -0.15) is 10.1 Å². The molecule has 1 atom stereocenters. The molecule has 120 valence electrons. The van der Waals surface area contributed by atoms with Crippen molar-refractivity contribution in [2.75, 3.05) is 0 Å². The van der Waals surface area contributed by atoms with Gasteiger partial charge in [-0.15, -0.1) is 0 Å². The second kappa shape index (κ2) is 6.84. The zero-order chi connectivity index (χ0) is 16.2. The first kappa shape index (κ1) is 15.6. The van der Waals surface area contributed by atoms with Crippen LogP contribution in [0.4, 0.5) is 0 Å². The Morgan fingerprint density at radius 2 is 2.22 bits per heavy atom. The second-order valence-electron chi connectivity index (χ2n) is 5.32. The van der Waals surface area contributed by atoms with E-state index in [1.54, 1.807) is 12.3 Å². The summed E-state index contributed by atoms with van der Waals surface area (Å²) in [7, 11) is 0. The molecule has 0 aliphatic rings. The maximum Gasteiger partial charge on any atom is 0.244 e. The van der Waals surface area contributed by atoms with Gasteiger partial charge in [0.1, 0.15) is 6.33 Å². The summed E-state index contributed by atoms with van der Waals surface area (Å²) < 4.78 is 5.37. The molecule has 3 rings (SSSR count). The van der Waals surface area contributed by atoms with E-state index < -0.39 is 0 Å². The lowest BCUT2D eigenvalue weighted by atomic mass is 10.0. The monoisotopic (exact) mass is 333 g/mol. The lowest BCUT2D eigenvalue weighted by Gasteiger charge is -2.18.